The van der Waals surface area contributed by atoms with Crippen LogP contribution in [-0.4, -0.2) is 43.2 Å². The molecule has 0 aliphatic carbocycles. The van der Waals surface area contributed by atoms with Crippen LogP contribution in [-0.2, 0) is 0 Å². The van der Waals surface area contributed by atoms with Gasteiger partial charge in [-0.15, -0.1) is 0 Å². The van der Waals surface area contributed by atoms with E-state index in [2.05, 4.69) is 5.32 Å². The Morgan fingerprint density at radius 2 is 1.91 bits per heavy atom. The standard InChI is InChI=1S/C15H18ClF3N2O/c16-13-4-2-1-3-12(13)14(22)20-9-11-5-7-21(8-6-11)10-15(17,18)19/h1-4,11H,5-10H2,(H,20,22). The summed E-state index contributed by atoms with van der Waals surface area (Å²) in [5.74, 6) is -0.0424. The van der Waals surface area contributed by atoms with E-state index in [4.69, 9.17) is 11.6 Å². The van der Waals surface area contributed by atoms with Crippen LogP contribution in [0, 0.1) is 5.92 Å². The van der Waals surface area contributed by atoms with Crippen LogP contribution in [0.15, 0.2) is 24.3 Å². The normalized spacial score (nSPS) is 17.5. The lowest BCUT2D eigenvalue weighted by Gasteiger charge is -2.32. The summed E-state index contributed by atoms with van der Waals surface area (Å²) in [7, 11) is 0. The Labute approximate surface area is 132 Å². The van der Waals surface area contributed by atoms with Crippen LogP contribution < -0.4 is 5.32 Å². The minimum Gasteiger partial charge on any atom is -0.352 e. The molecule has 1 aromatic carbocycles. The number of carbonyl (C=O) groups is 1. The van der Waals surface area contributed by atoms with Crippen molar-refractivity contribution in [1.82, 2.24) is 10.2 Å². The minimum absolute atomic E-state index is 0.205. The van der Waals surface area contributed by atoms with Gasteiger partial charge in [-0.3, -0.25) is 9.69 Å². The van der Waals surface area contributed by atoms with Crippen molar-refractivity contribution in [2.75, 3.05) is 26.2 Å². The van der Waals surface area contributed by atoms with Gasteiger partial charge in [-0.2, -0.15) is 13.2 Å². The van der Waals surface area contributed by atoms with E-state index in [9.17, 15) is 18.0 Å². The number of piperidine rings is 1. The Hall–Kier alpha value is -1.27. The van der Waals surface area contributed by atoms with Crippen molar-refractivity contribution in [2.24, 2.45) is 5.92 Å². The molecule has 122 valence electrons. The number of likely N-dealkylation sites (tertiary alicyclic amines) is 1. The number of nitrogens with zero attached hydrogens (tertiary/aromatic N) is 1. The van der Waals surface area contributed by atoms with Crippen LogP contribution in [0.4, 0.5) is 13.2 Å². The van der Waals surface area contributed by atoms with Crippen LogP contribution >= 0.6 is 11.6 Å². The van der Waals surface area contributed by atoms with Gasteiger partial charge in [-0.05, 0) is 44.0 Å². The Kier molecular flexibility index (Phi) is 5.69. The van der Waals surface area contributed by atoms with E-state index in [0.717, 1.165) is 0 Å². The van der Waals surface area contributed by atoms with E-state index < -0.39 is 12.7 Å². The molecule has 2 rings (SSSR count). The van der Waals surface area contributed by atoms with Crippen LogP contribution in [0.2, 0.25) is 5.02 Å². The Morgan fingerprint density at radius 3 is 2.50 bits per heavy atom. The highest BCUT2D eigenvalue weighted by Gasteiger charge is 2.32. The first kappa shape index (κ1) is 17.1. The van der Waals surface area contributed by atoms with Crippen LogP contribution in [0.1, 0.15) is 23.2 Å². The van der Waals surface area contributed by atoms with Gasteiger partial charge in [0, 0.05) is 6.54 Å². The third-order valence-corrected chi connectivity index (χ3v) is 4.11. The van der Waals surface area contributed by atoms with Crippen molar-refractivity contribution < 1.29 is 18.0 Å². The van der Waals surface area contributed by atoms with E-state index in [0.29, 0.717) is 43.1 Å². The van der Waals surface area contributed by atoms with Crippen molar-refractivity contribution in [1.29, 1.82) is 0 Å². The lowest BCUT2D eigenvalue weighted by molar-refractivity contribution is -0.148. The van der Waals surface area contributed by atoms with E-state index in [1.807, 2.05) is 0 Å². The second-order valence-corrected chi connectivity index (χ2v) is 5.93. The summed E-state index contributed by atoms with van der Waals surface area (Å²) in [6, 6.07) is 6.77. The average Bonchev–Trinajstić information content (AvgIpc) is 2.45. The molecule has 1 aromatic rings. The summed E-state index contributed by atoms with van der Waals surface area (Å²) in [6.45, 7) is 0.425. The van der Waals surface area contributed by atoms with Crippen LogP contribution in [0.3, 0.4) is 0 Å². The highest BCUT2D eigenvalue weighted by Crippen LogP contribution is 2.22. The molecule has 0 aromatic heterocycles. The fourth-order valence-electron chi connectivity index (χ4n) is 2.58. The maximum Gasteiger partial charge on any atom is 0.401 e. The molecule has 22 heavy (non-hydrogen) atoms. The van der Waals surface area contributed by atoms with Gasteiger partial charge in [0.2, 0.25) is 0 Å². The molecule has 1 N–H and O–H groups in total. The van der Waals surface area contributed by atoms with Gasteiger partial charge in [-0.25, -0.2) is 0 Å². The zero-order valence-electron chi connectivity index (χ0n) is 12.0. The molecule has 0 radical (unpaired) electrons. The monoisotopic (exact) mass is 334 g/mol. The summed E-state index contributed by atoms with van der Waals surface area (Å²) < 4.78 is 36.9. The topological polar surface area (TPSA) is 32.3 Å². The zero-order chi connectivity index (χ0) is 16.2. The molecule has 1 saturated heterocycles. The smallest absolute Gasteiger partial charge is 0.352 e. The van der Waals surface area contributed by atoms with Crippen molar-refractivity contribution in [3.8, 4) is 0 Å². The van der Waals surface area contributed by atoms with E-state index >= 15 is 0 Å². The number of amides is 1. The average molecular weight is 335 g/mol. The Bertz CT molecular complexity index is 514. The first-order chi connectivity index (χ1) is 10.3. The molecule has 0 atom stereocenters. The number of alkyl halides is 3. The predicted molar refractivity (Wildman–Crippen MR) is 79.0 cm³/mol. The van der Waals surface area contributed by atoms with E-state index in [-0.39, 0.29) is 11.8 Å². The van der Waals surface area contributed by atoms with Crippen LogP contribution in [0.25, 0.3) is 0 Å². The molecule has 0 unspecified atom stereocenters. The van der Waals surface area contributed by atoms with Crippen LogP contribution in [0.5, 0.6) is 0 Å². The summed E-state index contributed by atoms with van der Waals surface area (Å²) >= 11 is 5.95. The largest absolute Gasteiger partial charge is 0.401 e. The summed E-state index contributed by atoms with van der Waals surface area (Å²) in [5.41, 5.74) is 0.415. The third-order valence-electron chi connectivity index (χ3n) is 3.78. The Balaban J connectivity index is 1.75. The van der Waals surface area contributed by atoms with Gasteiger partial charge in [0.25, 0.3) is 5.91 Å². The van der Waals surface area contributed by atoms with Crippen molar-refractivity contribution >= 4 is 17.5 Å². The van der Waals surface area contributed by atoms with Gasteiger partial charge >= 0.3 is 6.18 Å². The summed E-state index contributed by atoms with van der Waals surface area (Å²) in [5, 5.41) is 3.20. The summed E-state index contributed by atoms with van der Waals surface area (Å²) in [6.07, 6.45) is -2.84. The molecule has 0 spiro atoms. The highest BCUT2D eigenvalue weighted by molar-refractivity contribution is 6.33. The van der Waals surface area contributed by atoms with Gasteiger partial charge in [0.05, 0.1) is 17.1 Å². The SMILES string of the molecule is O=C(NCC1CCN(CC(F)(F)F)CC1)c1ccccc1Cl. The molecule has 0 bridgehead atoms. The highest BCUT2D eigenvalue weighted by atomic mass is 35.5. The lowest BCUT2D eigenvalue weighted by Crippen LogP contribution is -2.42. The van der Waals surface area contributed by atoms with Gasteiger partial charge in [0.1, 0.15) is 0 Å². The molecule has 1 aliphatic heterocycles. The number of halogens is 4. The third kappa shape index (κ3) is 5.18. The minimum atomic E-state index is -4.15. The molecule has 0 saturated carbocycles. The van der Waals surface area contributed by atoms with Crippen molar-refractivity contribution in [3.05, 3.63) is 34.9 Å². The quantitative estimate of drug-likeness (QED) is 0.916. The summed E-state index contributed by atoms with van der Waals surface area (Å²) in [4.78, 5) is 13.4. The number of hydrogen-bond donors (Lipinski definition) is 1. The fourth-order valence-corrected chi connectivity index (χ4v) is 2.80. The fraction of sp³-hybridized carbons (Fsp3) is 0.533. The molecule has 3 nitrogen and oxygen atoms in total. The molecule has 1 fully saturated rings. The van der Waals surface area contributed by atoms with Crippen molar-refractivity contribution in [3.63, 3.8) is 0 Å². The molecule has 1 heterocycles. The number of hydrogen-bond acceptors (Lipinski definition) is 2. The van der Waals surface area contributed by atoms with Crippen molar-refractivity contribution in [2.45, 2.75) is 19.0 Å². The number of nitrogens with one attached hydrogen (secondary N) is 1. The second kappa shape index (κ2) is 7.33. The van der Waals surface area contributed by atoms with Gasteiger partial charge in [-0.1, -0.05) is 23.7 Å². The Morgan fingerprint density at radius 1 is 1.27 bits per heavy atom. The molecule has 1 amide bonds. The van der Waals surface area contributed by atoms with E-state index in [1.165, 1.54) is 4.90 Å². The molecular weight excluding hydrogens is 317 g/mol. The van der Waals surface area contributed by atoms with E-state index in [1.54, 1.807) is 24.3 Å². The lowest BCUT2D eigenvalue weighted by atomic mass is 9.96. The first-order valence-electron chi connectivity index (χ1n) is 7.17. The number of rotatable bonds is 4. The maximum atomic E-state index is 12.3. The second-order valence-electron chi connectivity index (χ2n) is 5.52. The first-order valence-corrected chi connectivity index (χ1v) is 7.55. The molecular formula is C15H18ClF3N2O. The number of carbonyl (C=O) groups excluding carboxylic acids is 1. The molecule has 7 heteroatoms. The zero-order valence-corrected chi connectivity index (χ0v) is 12.8. The number of benzene rings is 1. The predicted octanol–water partition coefficient (Wildman–Crippen LogP) is 3.34. The maximum absolute atomic E-state index is 12.3. The van der Waals surface area contributed by atoms with Gasteiger partial charge < -0.3 is 5.32 Å². The molecule has 1 aliphatic rings. The van der Waals surface area contributed by atoms with Gasteiger partial charge in [0.15, 0.2) is 0 Å².